The number of carbonyl (C=O) groups is 2. The number of hydrogen-bond acceptors (Lipinski definition) is 4. The summed E-state index contributed by atoms with van der Waals surface area (Å²) in [6.45, 7) is 0. The zero-order valence-electron chi connectivity index (χ0n) is 17.8. The van der Waals surface area contributed by atoms with Crippen LogP contribution in [-0.2, 0) is 21.9 Å². The lowest BCUT2D eigenvalue weighted by atomic mass is 10.2. The number of nitrogens with one attached hydrogen (secondary N) is 3. The standard InChI is InChI=1S/C23H15BrF6N4O2/c24-15-7-9-16(10-8-15)33-34-19(20(35)31-17-5-1-3-13(11-17)22(25,26)27)21(36)32-18-6-2-4-14(12-18)23(28,29)30/h1-12,33H,(H,31,35)(H,32,36). The van der Waals surface area contributed by atoms with Crippen molar-refractivity contribution in [2.24, 2.45) is 5.10 Å². The van der Waals surface area contributed by atoms with E-state index >= 15 is 0 Å². The van der Waals surface area contributed by atoms with E-state index in [0.29, 0.717) is 17.8 Å². The summed E-state index contributed by atoms with van der Waals surface area (Å²) in [4.78, 5) is 25.6. The van der Waals surface area contributed by atoms with Crippen molar-refractivity contribution in [1.29, 1.82) is 0 Å². The molecule has 188 valence electrons. The first kappa shape index (κ1) is 26.7. The summed E-state index contributed by atoms with van der Waals surface area (Å²) in [7, 11) is 0. The van der Waals surface area contributed by atoms with Crippen LogP contribution in [0.15, 0.2) is 82.4 Å². The molecule has 3 aromatic rings. The molecule has 3 rings (SSSR count). The molecule has 3 N–H and O–H groups in total. The molecule has 0 aliphatic heterocycles. The van der Waals surface area contributed by atoms with Crippen molar-refractivity contribution in [3.8, 4) is 0 Å². The molecule has 0 spiro atoms. The second-order valence-corrected chi connectivity index (χ2v) is 8.06. The van der Waals surface area contributed by atoms with Crippen LogP contribution in [0.4, 0.5) is 43.4 Å². The summed E-state index contributed by atoms with van der Waals surface area (Å²) in [5, 5.41) is 8.03. The Hall–Kier alpha value is -3.87. The number of carbonyl (C=O) groups excluding carboxylic acids is 2. The summed E-state index contributed by atoms with van der Waals surface area (Å²) in [6.07, 6.45) is -9.36. The lowest BCUT2D eigenvalue weighted by molar-refractivity contribution is -0.138. The first-order chi connectivity index (χ1) is 16.8. The molecule has 0 aliphatic rings. The molecule has 2 amide bonds. The van der Waals surface area contributed by atoms with Crippen LogP contribution < -0.4 is 16.1 Å². The fourth-order valence-corrected chi connectivity index (χ4v) is 3.04. The van der Waals surface area contributed by atoms with Gasteiger partial charge in [-0.15, -0.1) is 0 Å². The summed E-state index contributed by atoms with van der Waals surface area (Å²) in [5.41, 5.74) is -0.692. The van der Waals surface area contributed by atoms with E-state index in [1.54, 1.807) is 24.3 Å². The van der Waals surface area contributed by atoms with Gasteiger partial charge in [-0.2, -0.15) is 31.4 Å². The third-order valence-electron chi connectivity index (χ3n) is 4.47. The Morgan fingerprint density at radius 3 is 1.53 bits per heavy atom. The van der Waals surface area contributed by atoms with Crippen molar-refractivity contribution in [3.05, 3.63) is 88.4 Å². The lowest BCUT2D eigenvalue weighted by Gasteiger charge is -2.13. The number of halogens is 7. The number of alkyl halides is 6. The second-order valence-electron chi connectivity index (χ2n) is 7.14. The highest BCUT2D eigenvalue weighted by Crippen LogP contribution is 2.31. The Morgan fingerprint density at radius 2 is 1.11 bits per heavy atom. The van der Waals surface area contributed by atoms with Gasteiger partial charge in [0.15, 0.2) is 0 Å². The number of hydrogen-bond donors (Lipinski definition) is 3. The Kier molecular flexibility index (Phi) is 8.03. The van der Waals surface area contributed by atoms with E-state index in [2.05, 4.69) is 37.1 Å². The van der Waals surface area contributed by atoms with Gasteiger partial charge in [0.2, 0.25) is 5.71 Å². The number of amides is 2. The van der Waals surface area contributed by atoms with Gasteiger partial charge in [-0.25, -0.2) is 0 Å². The Balaban J connectivity index is 1.89. The molecule has 0 aromatic heterocycles. The minimum absolute atomic E-state index is 0.280. The van der Waals surface area contributed by atoms with Gasteiger partial charge in [0, 0.05) is 15.8 Å². The summed E-state index contributed by atoms with van der Waals surface area (Å²) < 4.78 is 78.7. The smallest absolute Gasteiger partial charge is 0.320 e. The Labute approximate surface area is 208 Å². The van der Waals surface area contributed by atoms with Gasteiger partial charge in [0.25, 0.3) is 11.8 Å². The molecular weight excluding hydrogens is 558 g/mol. The highest BCUT2D eigenvalue weighted by atomic mass is 79.9. The quantitative estimate of drug-likeness (QED) is 0.136. The van der Waals surface area contributed by atoms with E-state index in [1.165, 1.54) is 0 Å². The minimum atomic E-state index is -4.68. The van der Waals surface area contributed by atoms with Gasteiger partial charge in [-0.1, -0.05) is 28.1 Å². The molecule has 0 saturated heterocycles. The van der Waals surface area contributed by atoms with Gasteiger partial charge in [0.05, 0.1) is 16.8 Å². The molecule has 36 heavy (non-hydrogen) atoms. The van der Waals surface area contributed by atoms with Gasteiger partial charge in [-0.3, -0.25) is 15.0 Å². The van der Waals surface area contributed by atoms with E-state index < -0.39 is 41.0 Å². The van der Waals surface area contributed by atoms with Crippen molar-refractivity contribution in [1.82, 2.24) is 0 Å². The van der Waals surface area contributed by atoms with Gasteiger partial charge >= 0.3 is 12.4 Å². The second kappa shape index (κ2) is 10.8. The molecule has 0 unspecified atom stereocenters. The highest BCUT2D eigenvalue weighted by Gasteiger charge is 2.32. The van der Waals surface area contributed by atoms with E-state index in [-0.39, 0.29) is 11.4 Å². The molecule has 0 bridgehead atoms. The van der Waals surface area contributed by atoms with E-state index in [9.17, 15) is 35.9 Å². The van der Waals surface area contributed by atoms with Crippen LogP contribution in [0.1, 0.15) is 11.1 Å². The average molecular weight is 573 g/mol. The summed E-state index contributed by atoms with van der Waals surface area (Å²) in [6, 6.07) is 13.7. The monoisotopic (exact) mass is 572 g/mol. The fraction of sp³-hybridized carbons (Fsp3) is 0.0870. The third kappa shape index (κ3) is 7.31. The largest absolute Gasteiger partial charge is 0.416 e. The van der Waals surface area contributed by atoms with Crippen LogP contribution in [0.25, 0.3) is 0 Å². The van der Waals surface area contributed by atoms with Gasteiger partial charge < -0.3 is 10.6 Å². The maximum atomic E-state index is 13.0. The zero-order chi connectivity index (χ0) is 26.5. The van der Waals surface area contributed by atoms with Crippen molar-refractivity contribution in [2.75, 3.05) is 16.1 Å². The third-order valence-corrected chi connectivity index (χ3v) is 5.00. The van der Waals surface area contributed by atoms with Gasteiger partial charge in [-0.05, 0) is 60.7 Å². The maximum absolute atomic E-state index is 13.0. The van der Waals surface area contributed by atoms with E-state index in [4.69, 9.17) is 0 Å². The van der Waals surface area contributed by atoms with E-state index in [0.717, 1.165) is 40.9 Å². The fourth-order valence-electron chi connectivity index (χ4n) is 2.78. The van der Waals surface area contributed by atoms with Crippen LogP contribution >= 0.6 is 15.9 Å². The summed E-state index contributed by atoms with van der Waals surface area (Å²) >= 11 is 3.23. The number of rotatable bonds is 6. The minimum Gasteiger partial charge on any atom is -0.320 e. The predicted molar refractivity (Wildman–Crippen MR) is 125 cm³/mol. The Bertz CT molecular complexity index is 1220. The zero-order valence-corrected chi connectivity index (χ0v) is 19.4. The van der Waals surface area contributed by atoms with Crippen LogP contribution in [0.3, 0.4) is 0 Å². The average Bonchev–Trinajstić information content (AvgIpc) is 2.79. The van der Waals surface area contributed by atoms with Crippen molar-refractivity contribution in [2.45, 2.75) is 12.4 Å². The highest BCUT2D eigenvalue weighted by molar-refractivity contribution is 9.10. The molecule has 3 aromatic carbocycles. The summed E-state index contributed by atoms with van der Waals surface area (Å²) in [5.74, 6) is -2.41. The van der Waals surface area contributed by atoms with Crippen molar-refractivity contribution < 1.29 is 35.9 Å². The molecular formula is C23H15BrF6N4O2. The first-order valence-corrected chi connectivity index (χ1v) is 10.7. The molecule has 0 radical (unpaired) electrons. The lowest BCUT2D eigenvalue weighted by Crippen LogP contribution is -2.35. The number of benzene rings is 3. The maximum Gasteiger partial charge on any atom is 0.416 e. The molecule has 0 atom stereocenters. The number of anilines is 3. The van der Waals surface area contributed by atoms with Crippen molar-refractivity contribution >= 4 is 50.5 Å². The van der Waals surface area contributed by atoms with Crippen LogP contribution in [0.2, 0.25) is 0 Å². The molecule has 0 aliphatic carbocycles. The molecule has 6 nitrogen and oxygen atoms in total. The first-order valence-electron chi connectivity index (χ1n) is 9.89. The molecule has 0 saturated carbocycles. The van der Waals surface area contributed by atoms with Crippen molar-refractivity contribution in [3.63, 3.8) is 0 Å². The molecule has 13 heteroatoms. The number of nitrogens with zero attached hydrogens (tertiary/aromatic N) is 1. The predicted octanol–water partition coefficient (Wildman–Crippen LogP) is 6.53. The van der Waals surface area contributed by atoms with Crippen LogP contribution in [0, 0.1) is 0 Å². The SMILES string of the molecule is O=C(Nc1cccc(C(F)(F)F)c1)C(=NNc1ccc(Br)cc1)C(=O)Nc1cccc(C(F)(F)F)c1. The van der Waals surface area contributed by atoms with Crippen LogP contribution in [0.5, 0.6) is 0 Å². The molecule has 0 fully saturated rings. The number of hydrazone groups is 1. The normalized spacial score (nSPS) is 11.4. The van der Waals surface area contributed by atoms with Gasteiger partial charge in [0.1, 0.15) is 0 Å². The van der Waals surface area contributed by atoms with Crippen LogP contribution in [-0.4, -0.2) is 17.5 Å². The van der Waals surface area contributed by atoms with E-state index in [1.807, 2.05) is 0 Å². The topological polar surface area (TPSA) is 82.6 Å². The Morgan fingerprint density at radius 1 is 0.667 bits per heavy atom. The molecule has 0 heterocycles.